The van der Waals surface area contributed by atoms with Crippen LogP contribution in [0.1, 0.15) is 33.4 Å². The molecule has 31 heavy (non-hydrogen) atoms. The molecule has 5 heterocycles. The molecule has 1 amide bonds. The van der Waals surface area contributed by atoms with Crippen molar-refractivity contribution in [1.29, 1.82) is 0 Å². The van der Waals surface area contributed by atoms with Crippen LogP contribution < -0.4 is 5.32 Å². The molecule has 9 heteroatoms. The molecule has 9 nitrogen and oxygen atoms in total. The zero-order valence-electron chi connectivity index (χ0n) is 20.1. The van der Waals surface area contributed by atoms with Gasteiger partial charge in [-0.3, -0.25) is 14.2 Å². The largest absolute Gasteiger partial charge is 0.306 e. The van der Waals surface area contributed by atoms with Gasteiger partial charge in [-0.2, -0.15) is 10.2 Å². The minimum Gasteiger partial charge on any atom is -0.306 e. The maximum atomic E-state index is 12.8. The quantitative estimate of drug-likeness (QED) is 0.547. The highest BCUT2D eigenvalue weighted by Crippen LogP contribution is 2.23. The van der Waals surface area contributed by atoms with Gasteiger partial charge in [0.25, 0.3) is 5.91 Å². The van der Waals surface area contributed by atoms with Gasteiger partial charge in [0.05, 0.1) is 35.2 Å². The number of pyridine rings is 2. The summed E-state index contributed by atoms with van der Waals surface area (Å²) in [6, 6.07) is 5.61. The van der Waals surface area contributed by atoms with E-state index >= 15 is 0 Å². The topological polar surface area (TPSA) is 93.8 Å². The van der Waals surface area contributed by atoms with Gasteiger partial charge in [0.15, 0.2) is 0 Å². The molecule has 0 saturated carbocycles. The Morgan fingerprint density at radius 3 is 2.84 bits per heavy atom. The van der Waals surface area contributed by atoms with Crippen molar-refractivity contribution in [3.05, 3.63) is 54.7 Å². The molecule has 1 N–H and O–H groups in total. The molecular formula is C22H24N8O. The summed E-state index contributed by atoms with van der Waals surface area (Å²) in [5.74, 6) is 0.0773. The predicted molar refractivity (Wildman–Crippen MR) is 118 cm³/mol. The highest BCUT2D eigenvalue weighted by molar-refractivity contribution is 6.04. The van der Waals surface area contributed by atoms with Crippen LogP contribution in [0, 0.1) is 0 Å². The first-order valence-corrected chi connectivity index (χ1v) is 10.1. The summed E-state index contributed by atoms with van der Waals surface area (Å²) in [4.78, 5) is 24.0. The van der Waals surface area contributed by atoms with Gasteiger partial charge in [0.2, 0.25) is 0 Å². The van der Waals surface area contributed by atoms with Gasteiger partial charge in [-0.1, -0.05) is 0 Å². The van der Waals surface area contributed by atoms with Crippen molar-refractivity contribution in [2.75, 3.05) is 25.5 Å². The minimum atomic E-state index is -2.35. The second-order valence-corrected chi connectivity index (χ2v) is 7.83. The van der Waals surface area contributed by atoms with Gasteiger partial charge in [-0.25, -0.2) is 9.97 Å². The Morgan fingerprint density at radius 1 is 1.16 bits per heavy atom. The van der Waals surface area contributed by atoms with Gasteiger partial charge in [-0.05, 0) is 45.1 Å². The summed E-state index contributed by atoms with van der Waals surface area (Å²) in [5, 5.41) is 11.9. The van der Waals surface area contributed by atoms with Crippen molar-refractivity contribution >= 4 is 22.6 Å². The molecular weight excluding hydrogens is 392 g/mol. The van der Waals surface area contributed by atoms with Crippen LogP contribution in [-0.2, 0) is 6.98 Å². The summed E-state index contributed by atoms with van der Waals surface area (Å²) < 4.78 is 25.2. The van der Waals surface area contributed by atoms with Crippen LogP contribution in [-0.4, -0.2) is 60.5 Å². The molecule has 1 aliphatic heterocycles. The maximum absolute atomic E-state index is 12.8. The van der Waals surface area contributed by atoms with Crippen molar-refractivity contribution in [1.82, 2.24) is 34.4 Å². The summed E-state index contributed by atoms with van der Waals surface area (Å²) in [6.45, 7) is -0.324. The SMILES string of the molecule is [2H]C([2H])([2H])n1cc(-c2ccc3cnc(NC(=O)c4cnn(C5CCN(C)CC5)c4)cc3n2)cn1. The van der Waals surface area contributed by atoms with E-state index in [1.54, 1.807) is 30.7 Å². The van der Waals surface area contributed by atoms with Gasteiger partial charge in [0, 0.05) is 46.7 Å². The second-order valence-electron chi connectivity index (χ2n) is 7.83. The number of fused-ring (bicyclic) bond motifs is 1. The van der Waals surface area contributed by atoms with Crippen LogP contribution >= 0.6 is 0 Å². The lowest BCUT2D eigenvalue weighted by Gasteiger charge is -2.28. The summed E-state index contributed by atoms with van der Waals surface area (Å²) in [6.07, 6.45) is 9.91. The van der Waals surface area contributed by atoms with Gasteiger partial charge in [0.1, 0.15) is 5.82 Å². The number of rotatable bonds is 4. The Labute approximate surface area is 183 Å². The summed E-state index contributed by atoms with van der Waals surface area (Å²) in [5.41, 5.74) is 2.25. The average molecular weight is 420 g/mol. The van der Waals surface area contributed by atoms with Crippen LogP contribution in [0.5, 0.6) is 0 Å². The van der Waals surface area contributed by atoms with E-state index in [1.165, 1.54) is 12.4 Å². The monoisotopic (exact) mass is 419 g/mol. The Kier molecular flexibility index (Phi) is 4.12. The van der Waals surface area contributed by atoms with Crippen molar-refractivity contribution < 1.29 is 8.91 Å². The molecule has 1 fully saturated rings. The van der Waals surface area contributed by atoms with E-state index in [9.17, 15) is 4.79 Å². The fraction of sp³-hybridized carbons (Fsp3) is 0.318. The zero-order chi connectivity index (χ0) is 23.9. The number of anilines is 1. The lowest BCUT2D eigenvalue weighted by molar-refractivity contribution is 0.102. The van der Waals surface area contributed by atoms with Crippen molar-refractivity contribution in [3.63, 3.8) is 0 Å². The molecule has 158 valence electrons. The summed E-state index contributed by atoms with van der Waals surface area (Å²) >= 11 is 0. The van der Waals surface area contributed by atoms with E-state index in [0.29, 0.717) is 34.2 Å². The van der Waals surface area contributed by atoms with Gasteiger partial charge in [-0.15, -0.1) is 0 Å². The highest BCUT2D eigenvalue weighted by Gasteiger charge is 2.20. The van der Waals surface area contributed by atoms with Crippen molar-refractivity contribution in [3.8, 4) is 11.3 Å². The van der Waals surface area contributed by atoms with Crippen LogP contribution in [0.4, 0.5) is 5.82 Å². The van der Waals surface area contributed by atoms with E-state index in [-0.39, 0.29) is 5.91 Å². The number of carbonyl (C=O) groups excluding carboxylic acids is 1. The molecule has 1 saturated heterocycles. The fourth-order valence-electron chi connectivity index (χ4n) is 3.80. The molecule has 0 radical (unpaired) electrons. The number of nitrogens with one attached hydrogen (secondary N) is 1. The average Bonchev–Trinajstić information content (AvgIpc) is 3.49. The van der Waals surface area contributed by atoms with Crippen LogP contribution in [0.25, 0.3) is 22.2 Å². The number of hydrogen-bond acceptors (Lipinski definition) is 6. The lowest BCUT2D eigenvalue weighted by Crippen LogP contribution is -2.31. The van der Waals surface area contributed by atoms with Crippen molar-refractivity contribution in [2.45, 2.75) is 18.9 Å². The third-order valence-corrected chi connectivity index (χ3v) is 5.62. The number of hydrogen-bond donors (Lipinski definition) is 1. The van der Waals surface area contributed by atoms with E-state index in [1.807, 2.05) is 10.7 Å². The van der Waals surface area contributed by atoms with Crippen LogP contribution in [0.2, 0.25) is 0 Å². The summed E-state index contributed by atoms with van der Waals surface area (Å²) in [7, 11) is 2.11. The van der Waals surface area contributed by atoms with E-state index in [2.05, 4.69) is 37.4 Å². The molecule has 0 atom stereocenters. The Morgan fingerprint density at radius 2 is 2.03 bits per heavy atom. The Hall–Kier alpha value is -3.59. The number of carbonyl (C=O) groups is 1. The number of likely N-dealkylation sites (tertiary alicyclic amines) is 1. The predicted octanol–water partition coefficient (Wildman–Crippen LogP) is 2.75. The zero-order valence-corrected chi connectivity index (χ0v) is 17.1. The van der Waals surface area contributed by atoms with Gasteiger partial charge >= 0.3 is 0 Å². The van der Waals surface area contributed by atoms with Crippen LogP contribution in [0.3, 0.4) is 0 Å². The standard InChI is InChI=1S/C22H24N8O/c1-28-7-5-18(6-8-28)30-14-17(12-25-30)22(31)27-21-9-20-15(10-23-21)3-4-19(26-20)16-11-24-29(2)13-16/h3-4,9-14,18H,5-8H2,1-2H3,(H,23,27,31)/i2D3. The normalized spacial score (nSPS) is 17.3. The number of amides is 1. The first-order valence-electron chi connectivity index (χ1n) is 11.6. The second kappa shape index (κ2) is 7.92. The third kappa shape index (κ3) is 4.04. The molecule has 4 aromatic rings. The minimum absolute atomic E-state index is 0.291. The molecule has 1 aliphatic rings. The Balaban J connectivity index is 1.33. The first-order chi connectivity index (χ1) is 16.3. The Bertz CT molecular complexity index is 1340. The number of aromatic nitrogens is 6. The van der Waals surface area contributed by atoms with Crippen LogP contribution in [0.15, 0.2) is 49.2 Å². The first kappa shape index (κ1) is 16.1. The molecule has 0 bridgehead atoms. The van der Waals surface area contributed by atoms with E-state index < -0.39 is 6.98 Å². The number of nitrogens with zero attached hydrogens (tertiary/aromatic N) is 7. The van der Waals surface area contributed by atoms with E-state index in [4.69, 9.17) is 4.11 Å². The van der Waals surface area contributed by atoms with Crippen molar-refractivity contribution in [2.24, 2.45) is 6.98 Å². The lowest BCUT2D eigenvalue weighted by atomic mass is 10.1. The number of piperidine rings is 1. The maximum Gasteiger partial charge on any atom is 0.260 e. The highest BCUT2D eigenvalue weighted by atomic mass is 16.1. The molecule has 5 rings (SSSR count). The van der Waals surface area contributed by atoms with Gasteiger partial charge < -0.3 is 10.2 Å². The number of aryl methyl sites for hydroxylation is 1. The molecule has 0 unspecified atom stereocenters. The molecule has 4 aromatic heterocycles. The molecule has 0 spiro atoms. The molecule has 0 aliphatic carbocycles. The molecule has 0 aromatic carbocycles. The third-order valence-electron chi connectivity index (χ3n) is 5.62. The smallest absolute Gasteiger partial charge is 0.260 e. The fourth-order valence-corrected chi connectivity index (χ4v) is 3.80. The van der Waals surface area contributed by atoms with E-state index in [0.717, 1.165) is 36.0 Å².